The van der Waals surface area contributed by atoms with E-state index in [1.807, 2.05) is 0 Å². The highest BCUT2D eigenvalue weighted by Crippen LogP contribution is 2.39. The van der Waals surface area contributed by atoms with Crippen molar-refractivity contribution < 1.29 is 0 Å². The Hall–Kier alpha value is -6.57. The van der Waals surface area contributed by atoms with E-state index in [0.29, 0.717) is 5.92 Å². The summed E-state index contributed by atoms with van der Waals surface area (Å²) in [6.45, 7) is 4.11. The molecule has 0 bridgehead atoms. The fourth-order valence-corrected chi connectivity index (χ4v) is 9.84. The van der Waals surface area contributed by atoms with Gasteiger partial charge >= 0.3 is 0 Å². The van der Waals surface area contributed by atoms with Gasteiger partial charge in [-0.15, -0.1) is 0 Å². The predicted octanol–water partition coefficient (Wildman–Crippen LogP) is 12.8. The summed E-state index contributed by atoms with van der Waals surface area (Å²) in [5, 5.41) is 10.2. The molecule has 0 amide bonds. The van der Waals surface area contributed by atoms with Crippen LogP contribution in [-0.4, -0.2) is 22.5 Å². The van der Waals surface area contributed by atoms with E-state index < -0.39 is 0 Å². The molecule has 0 saturated heterocycles. The Morgan fingerprint density at radius 3 is 1.48 bits per heavy atom. The Morgan fingerprint density at radius 2 is 1.02 bits per heavy atom. The van der Waals surface area contributed by atoms with Gasteiger partial charge in [-0.3, -0.25) is 5.01 Å². The smallest absolute Gasteiger partial charge is 0.279 e. The maximum absolute atomic E-state index is 5.64. The van der Waals surface area contributed by atoms with Crippen LogP contribution in [0.5, 0.6) is 0 Å². The van der Waals surface area contributed by atoms with Gasteiger partial charge in [0.15, 0.2) is 0 Å². The highest BCUT2D eigenvalue weighted by molar-refractivity contribution is 7.00. The molecular formula is C53H48N6S. The molecule has 0 unspecified atom stereocenters. The summed E-state index contributed by atoms with van der Waals surface area (Å²) in [6.07, 6.45) is 7.47. The van der Waals surface area contributed by atoms with Gasteiger partial charge in [-0.2, -0.15) is 13.8 Å². The quantitative estimate of drug-likeness (QED) is 0.122. The summed E-state index contributed by atoms with van der Waals surface area (Å²) < 4.78 is 10.2. The number of rotatable bonds is 11. The van der Waals surface area contributed by atoms with Gasteiger partial charge in [-0.25, -0.2) is 0 Å². The number of aromatic nitrogens is 2. The maximum Gasteiger partial charge on any atom is 0.279 e. The van der Waals surface area contributed by atoms with E-state index in [9.17, 15) is 0 Å². The van der Waals surface area contributed by atoms with Crippen LogP contribution in [0.25, 0.3) is 38.9 Å². The van der Waals surface area contributed by atoms with Gasteiger partial charge < -0.3 is 9.80 Å². The van der Waals surface area contributed by atoms with Gasteiger partial charge in [0.2, 0.25) is 0 Å². The van der Waals surface area contributed by atoms with Gasteiger partial charge in [0, 0.05) is 62.5 Å². The number of para-hydroxylation sites is 4. The molecule has 1 aliphatic carbocycles. The Kier molecular flexibility index (Phi) is 10.7. The van der Waals surface area contributed by atoms with Crippen LogP contribution in [0.1, 0.15) is 45.4 Å². The van der Waals surface area contributed by atoms with Crippen molar-refractivity contribution in [1.82, 2.24) is 13.8 Å². The van der Waals surface area contributed by atoms with Gasteiger partial charge in [0.25, 0.3) is 11.7 Å². The molecule has 60 heavy (non-hydrogen) atoms. The fourth-order valence-electron chi connectivity index (χ4n) is 9.28. The summed E-state index contributed by atoms with van der Waals surface area (Å²) in [5.74, 6) is 0.667. The first-order chi connectivity index (χ1) is 29.7. The van der Waals surface area contributed by atoms with Crippen LogP contribution in [0.15, 0.2) is 175 Å². The summed E-state index contributed by atoms with van der Waals surface area (Å²) in [5.41, 5.74) is 14.3. The molecule has 1 saturated carbocycles. The Labute approximate surface area is 356 Å². The van der Waals surface area contributed by atoms with Gasteiger partial charge in [-0.05, 0) is 120 Å². The molecule has 7 heteroatoms. The van der Waals surface area contributed by atoms with Crippen LogP contribution in [-0.2, 0) is 0 Å². The zero-order valence-electron chi connectivity index (χ0n) is 34.0. The molecular weight excluding hydrogens is 753 g/mol. The Bertz CT molecular complexity index is 2740. The van der Waals surface area contributed by atoms with Crippen molar-refractivity contribution in [3.05, 3.63) is 180 Å². The number of fused-ring (bicyclic) bond motifs is 2. The van der Waals surface area contributed by atoms with Crippen molar-refractivity contribution in [2.45, 2.75) is 45.4 Å². The van der Waals surface area contributed by atoms with Crippen LogP contribution < -0.4 is 24.7 Å². The van der Waals surface area contributed by atoms with E-state index in [1.165, 1.54) is 54.6 Å². The highest BCUT2D eigenvalue weighted by Gasteiger charge is 2.25. The van der Waals surface area contributed by atoms with Gasteiger partial charge in [0.1, 0.15) is 0 Å². The van der Waals surface area contributed by atoms with Gasteiger partial charge in [-0.1, -0.05) is 123 Å². The predicted molar refractivity (Wildman–Crippen MR) is 250 cm³/mol. The van der Waals surface area contributed by atoms with E-state index in [1.54, 1.807) is 0 Å². The molecule has 0 atom stereocenters. The van der Waals surface area contributed by atoms with Crippen molar-refractivity contribution in [3.63, 3.8) is 0 Å². The zero-order valence-corrected chi connectivity index (χ0v) is 34.8. The lowest BCUT2D eigenvalue weighted by molar-refractivity contribution is 0.216. The van der Waals surface area contributed by atoms with E-state index >= 15 is 0 Å². The normalized spacial score (nSPS) is 14.2. The molecule has 1 aliphatic heterocycles. The third-order valence-corrected chi connectivity index (χ3v) is 12.7. The third-order valence-electron chi connectivity index (χ3n) is 12.2. The molecule has 8 aromatic rings. The molecule has 296 valence electrons. The summed E-state index contributed by atoms with van der Waals surface area (Å²) in [7, 11) is 0. The van der Waals surface area contributed by atoms with Crippen molar-refractivity contribution in [2.24, 2.45) is 11.0 Å². The molecule has 1 fully saturated rings. The lowest BCUT2D eigenvalue weighted by atomic mass is 9.88. The second-order valence-corrected chi connectivity index (χ2v) is 16.5. The third kappa shape index (κ3) is 7.35. The van der Waals surface area contributed by atoms with Crippen LogP contribution in [0.3, 0.4) is 0 Å². The largest absolute Gasteiger partial charge is 0.311 e. The molecule has 0 spiro atoms. The van der Waals surface area contributed by atoms with E-state index in [2.05, 4.69) is 192 Å². The minimum atomic E-state index is 0.667. The lowest BCUT2D eigenvalue weighted by Crippen LogP contribution is -2.43. The lowest BCUT2D eigenvalue weighted by Gasteiger charge is -2.31. The number of hydrogen-bond donors (Lipinski definition) is 0. The van der Waals surface area contributed by atoms with E-state index in [-0.39, 0.29) is 0 Å². The standard InChI is InChI=1S/C53H48N6S/c1-2-39-37-57(36-38-18-8-3-9-19-38)54-51-48(39)49(40-28-32-46(33-29-40)58(42-20-10-4-11-21-42)43-22-12-5-13-23-43)52-53(56-60-55-52)50(51)41-30-34-47(35-31-41)59(44-24-14-6-15-25-44)45-26-16-7-17-27-45/h4-7,10-17,20-35,38H,2-3,8-9,18-19,36-37H2,1H3. The molecule has 0 N–H and O–H groups in total. The van der Waals surface area contributed by atoms with Gasteiger partial charge in [0.05, 0.1) is 11.9 Å². The first-order valence-corrected chi connectivity index (χ1v) is 22.1. The second kappa shape index (κ2) is 17.0. The molecule has 10 rings (SSSR count). The van der Waals surface area contributed by atoms with Crippen LogP contribution in [0.4, 0.5) is 34.1 Å². The van der Waals surface area contributed by atoms with Crippen molar-refractivity contribution in [1.29, 1.82) is 0 Å². The summed E-state index contributed by atoms with van der Waals surface area (Å²) in [4.78, 5) is 4.62. The average Bonchev–Trinajstić information content (AvgIpc) is 3.80. The molecule has 2 heterocycles. The Morgan fingerprint density at radius 1 is 0.567 bits per heavy atom. The minimum Gasteiger partial charge on any atom is -0.311 e. The van der Waals surface area contributed by atoms with E-state index in [4.69, 9.17) is 13.8 Å². The Balaban J connectivity index is 1.14. The molecule has 7 aromatic carbocycles. The van der Waals surface area contributed by atoms with Crippen LogP contribution in [0, 0.1) is 5.92 Å². The fraction of sp³-hybridized carbons (Fsp3) is 0.189. The summed E-state index contributed by atoms with van der Waals surface area (Å²) >= 11 is 1.29. The zero-order chi connectivity index (χ0) is 40.3. The van der Waals surface area contributed by atoms with Crippen LogP contribution >= 0.6 is 11.7 Å². The number of anilines is 6. The molecule has 2 aliphatic rings. The van der Waals surface area contributed by atoms with Crippen molar-refractivity contribution in [2.75, 3.05) is 22.9 Å². The molecule has 6 nitrogen and oxygen atoms in total. The van der Waals surface area contributed by atoms with Crippen LogP contribution in [0.2, 0.25) is 0 Å². The van der Waals surface area contributed by atoms with Crippen molar-refractivity contribution in [3.8, 4) is 22.3 Å². The number of hydrogen-bond acceptors (Lipinski definition) is 5. The monoisotopic (exact) mass is 800 g/mol. The van der Waals surface area contributed by atoms with E-state index in [0.717, 1.165) is 92.3 Å². The second-order valence-electron chi connectivity index (χ2n) is 16.0. The number of nitrogens with zero attached hydrogens (tertiary/aromatic N) is 6. The SMILES string of the molecule is CCC1=c2c(-c3ccc(N(c4ccccc4)c4ccccc4)cc3)c3[n-][s+]nc3c(-c3ccc(N(c4ccccc4)c4ccccc4)cc3)c2=NN(CC2CCCCC2)C1. The molecule has 0 radical (unpaired) electrons. The first-order valence-electron chi connectivity index (χ1n) is 21.4. The summed E-state index contributed by atoms with van der Waals surface area (Å²) in [6, 6.07) is 60.3. The average molecular weight is 801 g/mol. The van der Waals surface area contributed by atoms with Crippen molar-refractivity contribution >= 4 is 62.5 Å². The maximum atomic E-state index is 5.64. The molecule has 1 aromatic heterocycles. The minimum absolute atomic E-state index is 0.667. The first kappa shape index (κ1) is 37.7. The topological polar surface area (TPSA) is 49.1 Å². The number of benzene rings is 7. The highest BCUT2D eigenvalue weighted by atomic mass is 32.1.